The van der Waals surface area contributed by atoms with Crippen LogP contribution < -0.4 is 0 Å². The Hall–Kier alpha value is 0.340. The van der Waals surface area contributed by atoms with Gasteiger partial charge in [-0.25, -0.2) is 0 Å². The van der Waals surface area contributed by atoms with Crippen LogP contribution >= 0.6 is 39.3 Å². The maximum atomic E-state index is 5.87. The smallest absolute Gasteiger partial charge is 0.0406 e. The van der Waals surface area contributed by atoms with Gasteiger partial charge in [0, 0.05) is 16.1 Å². The number of hydrogen-bond acceptors (Lipinski definition) is 1. The first-order valence-electron chi connectivity index (χ1n) is 5.81. The second-order valence-electron chi connectivity index (χ2n) is 5.36. The van der Waals surface area contributed by atoms with Crippen LogP contribution in [0.1, 0.15) is 26.3 Å². The SMILES string of the molecule is CC(C)(C)C(CBr)CSCc1ccc(Cl)cc1. The molecule has 1 aromatic carbocycles. The molecule has 0 heterocycles. The summed E-state index contributed by atoms with van der Waals surface area (Å²) in [4.78, 5) is 0. The molecule has 0 nitrogen and oxygen atoms in total. The van der Waals surface area contributed by atoms with Crippen molar-refractivity contribution in [3.8, 4) is 0 Å². The van der Waals surface area contributed by atoms with E-state index in [4.69, 9.17) is 11.6 Å². The zero-order valence-electron chi connectivity index (χ0n) is 10.7. The third-order valence-corrected chi connectivity index (χ3v) is 5.12. The fraction of sp³-hybridized carbons (Fsp3) is 0.571. The first kappa shape index (κ1) is 15.4. The van der Waals surface area contributed by atoms with Crippen LogP contribution in [0.15, 0.2) is 24.3 Å². The molecule has 3 heteroatoms. The Labute approximate surface area is 123 Å². The summed E-state index contributed by atoms with van der Waals surface area (Å²) >= 11 is 11.5. The number of thioether (sulfide) groups is 1. The van der Waals surface area contributed by atoms with E-state index in [1.165, 1.54) is 11.3 Å². The summed E-state index contributed by atoms with van der Waals surface area (Å²) in [5.74, 6) is 2.97. The van der Waals surface area contributed by atoms with Crippen molar-refractivity contribution >= 4 is 39.3 Å². The molecule has 96 valence electrons. The lowest BCUT2D eigenvalue weighted by molar-refractivity contribution is 0.295. The number of halogens is 2. The van der Waals surface area contributed by atoms with Crippen LogP contribution in [0.4, 0.5) is 0 Å². The minimum atomic E-state index is 0.372. The second kappa shape index (κ2) is 7.06. The summed E-state index contributed by atoms with van der Waals surface area (Å²) in [6.45, 7) is 6.92. The van der Waals surface area contributed by atoms with Gasteiger partial charge < -0.3 is 0 Å². The molecule has 0 aliphatic rings. The van der Waals surface area contributed by atoms with Gasteiger partial charge in [0.1, 0.15) is 0 Å². The third kappa shape index (κ3) is 5.67. The summed E-state index contributed by atoms with van der Waals surface area (Å²) in [6, 6.07) is 8.14. The molecular weight excluding hydrogens is 316 g/mol. The van der Waals surface area contributed by atoms with E-state index in [0.717, 1.165) is 16.1 Å². The lowest BCUT2D eigenvalue weighted by Gasteiger charge is -2.28. The monoisotopic (exact) mass is 334 g/mol. The van der Waals surface area contributed by atoms with Gasteiger partial charge >= 0.3 is 0 Å². The highest BCUT2D eigenvalue weighted by Gasteiger charge is 2.23. The molecule has 0 amide bonds. The Bertz CT molecular complexity index is 329. The Morgan fingerprint density at radius 2 is 1.82 bits per heavy atom. The molecule has 0 saturated heterocycles. The van der Waals surface area contributed by atoms with Gasteiger partial charge in [-0.15, -0.1) is 0 Å². The van der Waals surface area contributed by atoms with Gasteiger partial charge in [-0.05, 0) is 34.8 Å². The van der Waals surface area contributed by atoms with E-state index in [-0.39, 0.29) is 0 Å². The molecule has 1 atom stereocenters. The van der Waals surface area contributed by atoms with E-state index in [2.05, 4.69) is 48.8 Å². The van der Waals surface area contributed by atoms with Crippen molar-refractivity contribution in [1.82, 2.24) is 0 Å². The Kier molecular flexibility index (Phi) is 6.39. The quantitative estimate of drug-likeness (QED) is 0.628. The minimum Gasteiger partial charge on any atom is -0.157 e. The molecule has 1 rings (SSSR count). The largest absolute Gasteiger partial charge is 0.157 e. The van der Waals surface area contributed by atoms with Crippen molar-refractivity contribution in [2.45, 2.75) is 26.5 Å². The zero-order valence-corrected chi connectivity index (χ0v) is 13.8. The van der Waals surface area contributed by atoms with Crippen LogP contribution in [0.5, 0.6) is 0 Å². The first-order chi connectivity index (χ1) is 7.93. The Morgan fingerprint density at radius 3 is 2.29 bits per heavy atom. The predicted octanol–water partition coefficient (Wildman–Crippen LogP) is 5.63. The molecule has 0 radical (unpaired) electrons. The van der Waals surface area contributed by atoms with Crippen LogP contribution in [0.2, 0.25) is 5.02 Å². The lowest BCUT2D eigenvalue weighted by Crippen LogP contribution is -2.24. The van der Waals surface area contributed by atoms with Crippen LogP contribution in [0, 0.1) is 11.3 Å². The molecule has 0 aliphatic heterocycles. The van der Waals surface area contributed by atoms with Crippen molar-refractivity contribution in [2.75, 3.05) is 11.1 Å². The topological polar surface area (TPSA) is 0 Å². The summed E-state index contributed by atoms with van der Waals surface area (Å²) in [7, 11) is 0. The zero-order chi connectivity index (χ0) is 12.9. The van der Waals surface area contributed by atoms with Crippen molar-refractivity contribution < 1.29 is 0 Å². The molecule has 17 heavy (non-hydrogen) atoms. The number of alkyl halides is 1. The minimum absolute atomic E-state index is 0.372. The Morgan fingerprint density at radius 1 is 1.24 bits per heavy atom. The Balaban J connectivity index is 2.39. The maximum absolute atomic E-state index is 5.87. The fourth-order valence-corrected chi connectivity index (χ4v) is 4.50. The molecule has 0 fully saturated rings. The molecular formula is C14H20BrClS. The number of hydrogen-bond donors (Lipinski definition) is 0. The fourth-order valence-electron chi connectivity index (χ4n) is 1.43. The van der Waals surface area contributed by atoms with Crippen LogP contribution in [-0.2, 0) is 5.75 Å². The van der Waals surface area contributed by atoms with Crippen molar-refractivity contribution in [2.24, 2.45) is 11.3 Å². The van der Waals surface area contributed by atoms with Crippen molar-refractivity contribution in [1.29, 1.82) is 0 Å². The van der Waals surface area contributed by atoms with Crippen LogP contribution in [0.25, 0.3) is 0 Å². The molecule has 0 bridgehead atoms. The molecule has 0 saturated carbocycles. The molecule has 0 spiro atoms. The molecule has 1 unspecified atom stereocenters. The van der Waals surface area contributed by atoms with Gasteiger partial charge in [0.25, 0.3) is 0 Å². The van der Waals surface area contributed by atoms with Gasteiger partial charge in [-0.1, -0.05) is 60.4 Å². The highest BCUT2D eigenvalue weighted by atomic mass is 79.9. The van der Waals surface area contributed by atoms with E-state index < -0.39 is 0 Å². The normalized spacial score (nSPS) is 13.7. The molecule has 0 N–H and O–H groups in total. The summed E-state index contributed by atoms with van der Waals surface area (Å²) in [5, 5.41) is 1.89. The van der Waals surface area contributed by atoms with Gasteiger partial charge in [0.05, 0.1) is 0 Å². The van der Waals surface area contributed by atoms with E-state index in [9.17, 15) is 0 Å². The standard InChI is InChI=1S/C14H20BrClS/c1-14(2,3)12(8-15)10-17-9-11-4-6-13(16)7-5-11/h4-7,12H,8-10H2,1-3H3. The van der Waals surface area contributed by atoms with E-state index in [0.29, 0.717) is 11.3 Å². The van der Waals surface area contributed by atoms with Crippen LogP contribution in [-0.4, -0.2) is 11.1 Å². The molecule has 0 aromatic heterocycles. The van der Waals surface area contributed by atoms with Gasteiger partial charge in [-0.2, -0.15) is 11.8 Å². The lowest BCUT2D eigenvalue weighted by atomic mass is 9.83. The average Bonchev–Trinajstić information content (AvgIpc) is 2.25. The van der Waals surface area contributed by atoms with Gasteiger partial charge in [0.15, 0.2) is 0 Å². The van der Waals surface area contributed by atoms with Crippen molar-refractivity contribution in [3.05, 3.63) is 34.9 Å². The van der Waals surface area contributed by atoms with Gasteiger partial charge in [-0.3, -0.25) is 0 Å². The summed E-state index contributed by atoms with van der Waals surface area (Å²) < 4.78 is 0. The van der Waals surface area contributed by atoms with E-state index in [1.54, 1.807) is 0 Å². The van der Waals surface area contributed by atoms with Crippen LogP contribution in [0.3, 0.4) is 0 Å². The second-order valence-corrected chi connectivity index (χ2v) is 7.47. The van der Waals surface area contributed by atoms with Crippen molar-refractivity contribution in [3.63, 3.8) is 0 Å². The van der Waals surface area contributed by atoms with Gasteiger partial charge in [0.2, 0.25) is 0 Å². The predicted molar refractivity (Wildman–Crippen MR) is 84.4 cm³/mol. The maximum Gasteiger partial charge on any atom is 0.0406 e. The first-order valence-corrected chi connectivity index (χ1v) is 8.47. The van der Waals surface area contributed by atoms with E-state index in [1.807, 2.05) is 23.9 Å². The highest BCUT2D eigenvalue weighted by molar-refractivity contribution is 9.09. The number of rotatable bonds is 5. The third-order valence-electron chi connectivity index (χ3n) is 2.91. The molecule has 0 aliphatic carbocycles. The highest BCUT2D eigenvalue weighted by Crippen LogP contribution is 2.31. The summed E-state index contributed by atoms with van der Waals surface area (Å²) in [6.07, 6.45) is 0. The average molecular weight is 336 g/mol. The van der Waals surface area contributed by atoms with E-state index >= 15 is 0 Å². The number of benzene rings is 1. The molecule has 1 aromatic rings. The summed E-state index contributed by atoms with van der Waals surface area (Å²) in [5.41, 5.74) is 1.72.